The van der Waals surface area contributed by atoms with E-state index in [4.69, 9.17) is 17.0 Å². The number of amides is 1. The highest BCUT2D eigenvalue weighted by Crippen LogP contribution is 2.28. The molecule has 136 valence electrons. The number of esters is 1. The summed E-state index contributed by atoms with van der Waals surface area (Å²) in [6, 6.07) is 5.31. The van der Waals surface area contributed by atoms with Gasteiger partial charge in [-0.05, 0) is 37.5 Å². The molecule has 8 heteroatoms. The Balaban J connectivity index is 2.26. The molecule has 2 rings (SSSR count). The number of ether oxygens (including phenoxy) is 1. The molecule has 0 aliphatic carbocycles. The average Bonchev–Trinajstić information content (AvgIpc) is 2.61. The van der Waals surface area contributed by atoms with Gasteiger partial charge in [0.25, 0.3) is 0 Å². The minimum absolute atomic E-state index is 0.164. The molecule has 1 amide bonds. The summed E-state index contributed by atoms with van der Waals surface area (Å²) in [6.07, 6.45) is 0.343. The third-order valence-corrected chi connectivity index (χ3v) is 4.29. The van der Waals surface area contributed by atoms with Crippen LogP contribution in [0.4, 0.5) is 11.4 Å². The van der Waals surface area contributed by atoms with Crippen LogP contribution in [0.3, 0.4) is 0 Å². The van der Waals surface area contributed by atoms with E-state index in [1.807, 2.05) is 6.07 Å². The fourth-order valence-electron chi connectivity index (χ4n) is 2.57. The van der Waals surface area contributed by atoms with Crippen molar-refractivity contribution in [1.29, 1.82) is 0 Å². The molecule has 1 aliphatic rings. The standard InChI is InChI=1S/C17H24N4O3S/c1-4-15(22)19-17(25)18-13-11-12(16(23)24-3)5-6-14(13)21-9-7-20(2)8-10-21/h5-6,11H,4,7-10H2,1-3H3,(H2,18,19,22,25). The van der Waals surface area contributed by atoms with E-state index in [0.29, 0.717) is 17.7 Å². The number of methoxy groups -OCH3 is 1. The lowest BCUT2D eigenvalue weighted by Gasteiger charge is -2.35. The molecule has 0 unspecified atom stereocenters. The second kappa shape index (κ2) is 8.77. The van der Waals surface area contributed by atoms with Gasteiger partial charge in [0.1, 0.15) is 0 Å². The first-order valence-electron chi connectivity index (χ1n) is 8.21. The van der Waals surface area contributed by atoms with E-state index in [1.165, 1.54) is 7.11 Å². The Kier molecular flexibility index (Phi) is 6.72. The molecule has 2 N–H and O–H groups in total. The van der Waals surface area contributed by atoms with Crippen molar-refractivity contribution in [3.8, 4) is 0 Å². The molecule has 1 aliphatic heterocycles. The Morgan fingerprint density at radius 3 is 2.52 bits per heavy atom. The molecular formula is C17H24N4O3S. The predicted octanol–water partition coefficient (Wildman–Crippen LogP) is 1.45. The lowest BCUT2D eigenvalue weighted by Crippen LogP contribution is -2.45. The first-order chi connectivity index (χ1) is 11.9. The summed E-state index contributed by atoms with van der Waals surface area (Å²) in [6.45, 7) is 5.41. The lowest BCUT2D eigenvalue weighted by molar-refractivity contribution is -0.119. The average molecular weight is 364 g/mol. The monoisotopic (exact) mass is 364 g/mol. The van der Waals surface area contributed by atoms with Crippen molar-refractivity contribution in [2.45, 2.75) is 13.3 Å². The maximum absolute atomic E-state index is 11.8. The van der Waals surface area contributed by atoms with Gasteiger partial charge in [-0.3, -0.25) is 4.79 Å². The number of likely N-dealkylation sites (N-methyl/N-ethyl adjacent to an activating group) is 1. The highest BCUT2D eigenvalue weighted by atomic mass is 32.1. The molecule has 0 spiro atoms. The molecule has 1 aromatic carbocycles. The number of carbonyl (C=O) groups excluding carboxylic acids is 2. The van der Waals surface area contributed by atoms with Crippen LogP contribution in [0.1, 0.15) is 23.7 Å². The second-order valence-electron chi connectivity index (χ2n) is 5.87. The number of nitrogens with zero attached hydrogens (tertiary/aromatic N) is 2. The number of carbonyl (C=O) groups is 2. The van der Waals surface area contributed by atoms with Gasteiger partial charge in [-0.1, -0.05) is 6.92 Å². The topological polar surface area (TPSA) is 73.9 Å². The Hall–Kier alpha value is -2.19. The first-order valence-corrected chi connectivity index (χ1v) is 8.62. The van der Waals surface area contributed by atoms with E-state index in [2.05, 4.69) is 27.5 Å². The minimum Gasteiger partial charge on any atom is -0.465 e. The zero-order chi connectivity index (χ0) is 18.4. The summed E-state index contributed by atoms with van der Waals surface area (Å²) < 4.78 is 4.79. The van der Waals surface area contributed by atoms with Crippen molar-refractivity contribution >= 4 is 40.6 Å². The number of nitrogens with one attached hydrogen (secondary N) is 2. The number of rotatable bonds is 4. The zero-order valence-corrected chi connectivity index (χ0v) is 15.6. The third kappa shape index (κ3) is 5.14. The number of thiocarbonyl (C=S) groups is 1. The summed E-state index contributed by atoms with van der Waals surface area (Å²) in [7, 11) is 3.43. The maximum Gasteiger partial charge on any atom is 0.337 e. The molecule has 0 atom stereocenters. The van der Waals surface area contributed by atoms with Crippen LogP contribution in [-0.2, 0) is 9.53 Å². The van der Waals surface area contributed by atoms with E-state index in [-0.39, 0.29) is 11.0 Å². The molecule has 25 heavy (non-hydrogen) atoms. The van der Waals surface area contributed by atoms with Crippen LogP contribution in [0.2, 0.25) is 0 Å². The molecule has 1 saturated heterocycles. The van der Waals surface area contributed by atoms with Gasteiger partial charge < -0.3 is 25.2 Å². The van der Waals surface area contributed by atoms with Crippen molar-refractivity contribution in [3.63, 3.8) is 0 Å². The highest BCUT2D eigenvalue weighted by molar-refractivity contribution is 7.80. The fraction of sp³-hybridized carbons (Fsp3) is 0.471. The van der Waals surface area contributed by atoms with Crippen LogP contribution in [-0.4, -0.2) is 62.2 Å². The summed E-state index contributed by atoms with van der Waals surface area (Å²) in [5.41, 5.74) is 2.04. The Morgan fingerprint density at radius 2 is 1.92 bits per heavy atom. The number of piperazine rings is 1. The lowest BCUT2D eigenvalue weighted by atomic mass is 10.1. The second-order valence-corrected chi connectivity index (χ2v) is 6.28. The van der Waals surface area contributed by atoms with Crippen molar-refractivity contribution in [2.75, 3.05) is 50.6 Å². The summed E-state index contributed by atoms with van der Waals surface area (Å²) >= 11 is 5.21. The van der Waals surface area contributed by atoms with Crippen molar-refractivity contribution < 1.29 is 14.3 Å². The number of anilines is 2. The Bertz CT molecular complexity index is 657. The van der Waals surface area contributed by atoms with Crippen LogP contribution in [0.25, 0.3) is 0 Å². The predicted molar refractivity (Wildman–Crippen MR) is 102 cm³/mol. The van der Waals surface area contributed by atoms with Crippen LogP contribution >= 0.6 is 12.2 Å². The zero-order valence-electron chi connectivity index (χ0n) is 14.8. The molecule has 0 bridgehead atoms. The number of hydrogen-bond acceptors (Lipinski definition) is 6. The minimum atomic E-state index is -0.420. The number of benzene rings is 1. The normalized spacial score (nSPS) is 14.8. The smallest absolute Gasteiger partial charge is 0.337 e. The van der Waals surface area contributed by atoms with E-state index in [9.17, 15) is 9.59 Å². The fourth-order valence-corrected chi connectivity index (χ4v) is 2.80. The van der Waals surface area contributed by atoms with E-state index in [0.717, 1.165) is 31.9 Å². The first kappa shape index (κ1) is 19.1. The molecule has 0 aromatic heterocycles. The summed E-state index contributed by atoms with van der Waals surface area (Å²) in [5, 5.41) is 5.87. The molecular weight excluding hydrogens is 340 g/mol. The third-order valence-electron chi connectivity index (χ3n) is 4.08. The Labute approximate surface area is 153 Å². The van der Waals surface area contributed by atoms with Crippen molar-refractivity contribution in [3.05, 3.63) is 23.8 Å². The molecule has 1 fully saturated rings. The van der Waals surface area contributed by atoms with Crippen LogP contribution in [0.15, 0.2) is 18.2 Å². The van der Waals surface area contributed by atoms with E-state index < -0.39 is 5.97 Å². The summed E-state index contributed by atoms with van der Waals surface area (Å²) in [5.74, 6) is -0.584. The maximum atomic E-state index is 11.8. The molecule has 1 aromatic rings. The van der Waals surface area contributed by atoms with Crippen LogP contribution in [0, 0.1) is 0 Å². The van der Waals surface area contributed by atoms with Gasteiger partial charge in [0.15, 0.2) is 5.11 Å². The van der Waals surface area contributed by atoms with Gasteiger partial charge in [-0.25, -0.2) is 4.79 Å². The molecule has 7 nitrogen and oxygen atoms in total. The molecule has 0 radical (unpaired) electrons. The SMILES string of the molecule is CCC(=O)NC(=S)Nc1cc(C(=O)OC)ccc1N1CCN(C)CC1. The summed E-state index contributed by atoms with van der Waals surface area (Å²) in [4.78, 5) is 27.9. The van der Waals surface area contributed by atoms with E-state index >= 15 is 0 Å². The number of hydrogen-bond donors (Lipinski definition) is 2. The van der Waals surface area contributed by atoms with Crippen LogP contribution in [0.5, 0.6) is 0 Å². The quantitative estimate of drug-likeness (QED) is 0.619. The van der Waals surface area contributed by atoms with Gasteiger partial charge in [0.2, 0.25) is 5.91 Å². The largest absolute Gasteiger partial charge is 0.465 e. The van der Waals surface area contributed by atoms with Gasteiger partial charge in [0, 0.05) is 32.6 Å². The van der Waals surface area contributed by atoms with Crippen LogP contribution < -0.4 is 15.5 Å². The van der Waals surface area contributed by atoms with E-state index in [1.54, 1.807) is 19.1 Å². The molecule has 1 heterocycles. The Morgan fingerprint density at radius 1 is 1.24 bits per heavy atom. The highest BCUT2D eigenvalue weighted by Gasteiger charge is 2.19. The molecule has 0 saturated carbocycles. The van der Waals surface area contributed by atoms with Crippen molar-refractivity contribution in [1.82, 2.24) is 10.2 Å². The van der Waals surface area contributed by atoms with Gasteiger partial charge >= 0.3 is 5.97 Å². The van der Waals surface area contributed by atoms with Gasteiger partial charge in [-0.2, -0.15) is 0 Å². The van der Waals surface area contributed by atoms with Crippen molar-refractivity contribution in [2.24, 2.45) is 0 Å². The van der Waals surface area contributed by atoms with Gasteiger partial charge in [0.05, 0.1) is 24.0 Å². The van der Waals surface area contributed by atoms with Gasteiger partial charge in [-0.15, -0.1) is 0 Å².